The summed E-state index contributed by atoms with van der Waals surface area (Å²) in [4.78, 5) is 0. The number of rotatable bonds is 4. The Morgan fingerprint density at radius 2 is 1.83 bits per heavy atom. The molecule has 1 aromatic heterocycles. The fourth-order valence-electron chi connectivity index (χ4n) is 1.60. The summed E-state index contributed by atoms with van der Waals surface area (Å²) in [7, 11) is -1.98. The zero-order valence-corrected chi connectivity index (χ0v) is 11.9. The summed E-state index contributed by atoms with van der Waals surface area (Å²) in [5, 5.41) is 5.42. The van der Waals surface area contributed by atoms with Crippen molar-refractivity contribution in [3.63, 3.8) is 0 Å². The second-order valence-electron chi connectivity index (χ2n) is 4.62. The van der Waals surface area contributed by atoms with Crippen LogP contribution in [0.4, 0.5) is 0 Å². The molecule has 0 unspecified atom stereocenters. The van der Waals surface area contributed by atoms with Gasteiger partial charge < -0.3 is 8.94 Å². The highest BCUT2D eigenvalue weighted by atomic mass is 28.4. The molecule has 18 heavy (non-hydrogen) atoms. The molecule has 0 N–H and O–H groups in total. The number of benzene rings is 1. The molecule has 0 amide bonds. The van der Waals surface area contributed by atoms with Gasteiger partial charge in [0.1, 0.15) is 5.71 Å². The van der Waals surface area contributed by atoms with Gasteiger partial charge in [0.05, 0.1) is 6.26 Å². The number of oxime groups is 1. The lowest BCUT2D eigenvalue weighted by Crippen LogP contribution is -2.43. The molecule has 0 atom stereocenters. The number of hydrogen-bond acceptors (Lipinski definition) is 3. The van der Waals surface area contributed by atoms with Gasteiger partial charge in [0.15, 0.2) is 5.76 Å². The Bertz CT molecular complexity index is 518. The molecule has 0 aliphatic carbocycles. The normalized spacial score (nSPS) is 12.5. The molecule has 1 aromatic carbocycles. The van der Waals surface area contributed by atoms with E-state index in [4.69, 9.17) is 8.94 Å². The molecule has 0 aliphatic rings. The summed E-state index contributed by atoms with van der Waals surface area (Å²) >= 11 is 0. The predicted molar refractivity (Wildman–Crippen MR) is 75.6 cm³/mol. The van der Waals surface area contributed by atoms with Crippen molar-refractivity contribution in [3.05, 3.63) is 54.5 Å². The van der Waals surface area contributed by atoms with E-state index in [-0.39, 0.29) is 0 Å². The van der Waals surface area contributed by atoms with Gasteiger partial charge in [0.25, 0.3) is 0 Å². The minimum absolute atomic E-state index is 0.743. The summed E-state index contributed by atoms with van der Waals surface area (Å²) in [5.41, 5.74) is 0.761. The van der Waals surface area contributed by atoms with E-state index in [0.29, 0.717) is 0 Å². The third-order valence-corrected chi connectivity index (χ3v) is 5.03. The van der Waals surface area contributed by atoms with Gasteiger partial charge >= 0.3 is 8.32 Å². The van der Waals surface area contributed by atoms with Crippen molar-refractivity contribution >= 4 is 19.2 Å². The first-order valence-corrected chi connectivity index (χ1v) is 8.82. The van der Waals surface area contributed by atoms with Gasteiger partial charge in [0, 0.05) is 0 Å². The molecular weight excluding hydrogens is 242 g/mol. The molecule has 4 heteroatoms. The first-order valence-electron chi connectivity index (χ1n) is 5.92. The summed E-state index contributed by atoms with van der Waals surface area (Å²) in [5.74, 6) is 0.743. The number of nitrogens with zero attached hydrogens (tertiary/aromatic N) is 1. The summed E-state index contributed by atoms with van der Waals surface area (Å²) in [6.45, 7) is 6.14. The monoisotopic (exact) mass is 259 g/mol. The lowest BCUT2D eigenvalue weighted by Gasteiger charge is -2.20. The van der Waals surface area contributed by atoms with Crippen LogP contribution in [0, 0.1) is 0 Å². The van der Waals surface area contributed by atoms with E-state index in [1.54, 1.807) is 6.26 Å². The van der Waals surface area contributed by atoms with Crippen LogP contribution in [0.1, 0.15) is 12.7 Å². The van der Waals surface area contributed by atoms with Gasteiger partial charge in [-0.05, 0) is 37.3 Å². The standard InChI is InChI=1S/C14H17NO2Si/c1-12(14-10-7-11-16-14)15-17-18(2,3)13-8-5-4-6-9-13/h4-11H,1-3H3/b15-12+. The Balaban J connectivity index is 2.12. The summed E-state index contributed by atoms with van der Waals surface area (Å²) in [6.07, 6.45) is 1.63. The number of hydrogen-bond donors (Lipinski definition) is 0. The topological polar surface area (TPSA) is 34.7 Å². The second-order valence-corrected chi connectivity index (χ2v) is 8.40. The van der Waals surface area contributed by atoms with Crippen molar-refractivity contribution in [2.24, 2.45) is 5.16 Å². The van der Waals surface area contributed by atoms with E-state index < -0.39 is 8.32 Å². The van der Waals surface area contributed by atoms with Crippen LogP contribution in [0.3, 0.4) is 0 Å². The van der Waals surface area contributed by atoms with Crippen LogP contribution in [0.5, 0.6) is 0 Å². The van der Waals surface area contributed by atoms with E-state index in [1.165, 1.54) is 5.19 Å². The van der Waals surface area contributed by atoms with Crippen molar-refractivity contribution in [3.8, 4) is 0 Å². The molecule has 0 radical (unpaired) electrons. The maximum absolute atomic E-state index is 5.77. The van der Waals surface area contributed by atoms with Crippen molar-refractivity contribution in [1.29, 1.82) is 0 Å². The predicted octanol–water partition coefficient (Wildman–Crippen LogP) is 3.13. The van der Waals surface area contributed by atoms with E-state index in [1.807, 2.05) is 37.3 Å². The molecule has 3 nitrogen and oxygen atoms in total. The molecule has 0 saturated carbocycles. The molecule has 1 heterocycles. The third kappa shape index (κ3) is 2.90. The molecular formula is C14H17NO2Si. The Kier molecular flexibility index (Phi) is 3.67. The molecule has 0 aliphatic heterocycles. The Morgan fingerprint density at radius 3 is 2.44 bits per heavy atom. The maximum Gasteiger partial charge on any atom is 0.312 e. The van der Waals surface area contributed by atoms with Crippen molar-refractivity contribution in [1.82, 2.24) is 0 Å². The molecule has 0 saturated heterocycles. The Morgan fingerprint density at radius 1 is 1.11 bits per heavy atom. The maximum atomic E-state index is 5.77. The SMILES string of the molecule is C/C(=N\O[Si](C)(C)c1ccccc1)c1ccco1. The van der Waals surface area contributed by atoms with Gasteiger partial charge in [-0.2, -0.15) is 0 Å². The van der Waals surface area contributed by atoms with Crippen LogP contribution in [0.25, 0.3) is 0 Å². The van der Waals surface area contributed by atoms with Gasteiger partial charge in [-0.15, -0.1) is 5.16 Å². The van der Waals surface area contributed by atoms with Crippen molar-refractivity contribution in [2.75, 3.05) is 0 Å². The van der Waals surface area contributed by atoms with Crippen molar-refractivity contribution in [2.45, 2.75) is 20.0 Å². The summed E-state index contributed by atoms with van der Waals surface area (Å²) < 4.78 is 11.0. The Hall–Kier alpha value is -1.81. The smallest absolute Gasteiger partial charge is 0.312 e. The van der Waals surface area contributed by atoms with Gasteiger partial charge in [-0.3, -0.25) is 0 Å². The van der Waals surface area contributed by atoms with Crippen LogP contribution in [0.15, 0.2) is 58.3 Å². The highest BCUT2D eigenvalue weighted by Crippen LogP contribution is 2.08. The average Bonchev–Trinajstić information content (AvgIpc) is 2.91. The lowest BCUT2D eigenvalue weighted by molar-refractivity contribution is 0.338. The van der Waals surface area contributed by atoms with Crippen LogP contribution in [0.2, 0.25) is 13.1 Å². The van der Waals surface area contributed by atoms with Crippen LogP contribution in [-0.4, -0.2) is 14.0 Å². The molecule has 2 aromatic rings. The van der Waals surface area contributed by atoms with Crippen molar-refractivity contribution < 1.29 is 8.94 Å². The summed E-state index contributed by atoms with van der Waals surface area (Å²) in [6, 6.07) is 13.9. The van der Waals surface area contributed by atoms with E-state index in [2.05, 4.69) is 30.4 Å². The Labute approximate surface area is 108 Å². The van der Waals surface area contributed by atoms with E-state index in [9.17, 15) is 0 Å². The second kappa shape index (κ2) is 5.22. The van der Waals surface area contributed by atoms with Crippen LogP contribution < -0.4 is 5.19 Å². The van der Waals surface area contributed by atoms with Gasteiger partial charge in [-0.25, -0.2) is 0 Å². The molecule has 0 bridgehead atoms. The average molecular weight is 259 g/mol. The molecule has 0 fully saturated rings. The quantitative estimate of drug-likeness (QED) is 0.480. The minimum atomic E-state index is -1.98. The largest absolute Gasteiger partial charge is 0.463 e. The van der Waals surface area contributed by atoms with E-state index >= 15 is 0 Å². The van der Waals surface area contributed by atoms with Gasteiger partial charge in [-0.1, -0.05) is 30.3 Å². The third-order valence-electron chi connectivity index (χ3n) is 2.76. The highest BCUT2D eigenvalue weighted by Gasteiger charge is 2.27. The first-order chi connectivity index (χ1) is 8.59. The van der Waals surface area contributed by atoms with E-state index in [0.717, 1.165) is 11.5 Å². The molecule has 94 valence electrons. The fourth-order valence-corrected chi connectivity index (χ4v) is 3.07. The van der Waals surface area contributed by atoms with Crippen LogP contribution in [-0.2, 0) is 4.53 Å². The first kappa shape index (κ1) is 12.6. The van der Waals surface area contributed by atoms with Crippen LogP contribution >= 0.6 is 0 Å². The zero-order chi connectivity index (χ0) is 13.0. The molecule has 0 spiro atoms. The fraction of sp³-hybridized carbons (Fsp3) is 0.214. The minimum Gasteiger partial charge on any atom is -0.463 e. The lowest BCUT2D eigenvalue weighted by atomic mass is 10.3. The highest BCUT2D eigenvalue weighted by molar-refractivity contribution is 6.84. The molecule has 2 rings (SSSR count). The van der Waals surface area contributed by atoms with Gasteiger partial charge in [0.2, 0.25) is 0 Å². The zero-order valence-electron chi connectivity index (χ0n) is 10.9. The number of furan rings is 1.